The van der Waals surface area contributed by atoms with E-state index in [2.05, 4.69) is 61.6 Å². The lowest BCUT2D eigenvalue weighted by molar-refractivity contribution is 0.0970. The second kappa shape index (κ2) is 5.06. The molecular formula is C17H19NO. The number of hydrogen-bond donors (Lipinski definition) is 1. The fraction of sp³-hybridized carbons (Fsp3) is 0.294. The average molecular weight is 253 g/mol. The molecule has 0 amide bonds. The van der Waals surface area contributed by atoms with E-state index in [1.54, 1.807) is 0 Å². The number of ether oxygens (including phenoxy) is 1. The van der Waals surface area contributed by atoms with Crippen LogP contribution in [0.5, 0.6) is 0 Å². The summed E-state index contributed by atoms with van der Waals surface area (Å²) in [6, 6.07) is 15.3. The van der Waals surface area contributed by atoms with Gasteiger partial charge in [0.2, 0.25) is 0 Å². The molecule has 2 nitrogen and oxygen atoms in total. The molecule has 1 aliphatic rings. The van der Waals surface area contributed by atoms with Gasteiger partial charge in [0.25, 0.3) is 0 Å². The number of aryl methyl sites for hydroxylation is 2. The van der Waals surface area contributed by atoms with Crippen molar-refractivity contribution in [3.63, 3.8) is 0 Å². The number of rotatable bonds is 2. The van der Waals surface area contributed by atoms with Gasteiger partial charge in [0.1, 0.15) is 0 Å². The van der Waals surface area contributed by atoms with E-state index >= 15 is 0 Å². The van der Waals surface area contributed by atoms with Crippen molar-refractivity contribution in [1.29, 1.82) is 0 Å². The maximum Gasteiger partial charge on any atom is 0.0751 e. The molecule has 3 rings (SSSR count). The highest BCUT2D eigenvalue weighted by Gasteiger charge is 2.19. The van der Waals surface area contributed by atoms with E-state index in [1.807, 2.05) is 0 Å². The molecule has 2 aromatic carbocycles. The van der Waals surface area contributed by atoms with E-state index in [-0.39, 0.29) is 6.04 Å². The third-order valence-electron chi connectivity index (χ3n) is 3.54. The monoisotopic (exact) mass is 253 g/mol. The molecule has 2 heteroatoms. The third kappa shape index (κ3) is 2.64. The van der Waals surface area contributed by atoms with Crippen molar-refractivity contribution in [3.05, 3.63) is 64.7 Å². The standard InChI is InChI=1S/C17H19NO/c1-12-7-13(2)9-15(8-12)18-17-11-19-10-14-5-3-4-6-16(14)17/h3-9,17-18H,10-11H2,1-2H3. The van der Waals surface area contributed by atoms with Crippen molar-refractivity contribution in [2.45, 2.75) is 26.5 Å². The molecule has 1 N–H and O–H groups in total. The summed E-state index contributed by atoms with van der Waals surface area (Å²) < 4.78 is 5.68. The van der Waals surface area contributed by atoms with Crippen LogP contribution >= 0.6 is 0 Å². The van der Waals surface area contributed by atoms with Crippen LogP contribution in [0.1, 0.15) is 28.3 Å². The fourth-order valence-electron chi connectivity index (χ4n) is 2.76. The van der Waals surface area contributed by atoms with Crippen LogP contribution in [-0.2, 0) is 11.3 Å². The van der Waals surface area contributed by atoms with E-state index in [9.17, 15) is 0 Å². The van der Waals surface area contributed by atoms with E-state index in [4.69, 9.17) is 4.74 Å². The molecule has 0 bridgehead atoms. The average Bonchev–Trinajstić information content (AvgIpc) is 2.38. The second-order valence-electron chi connectivity index (χ2n) is 5.29. The van der Waals surface area contributed by atoms with Crippen LogP contribution in [0.3, 0.4) is 0 Å². The largest absolute Gasteiger partial charge is 0.376 e. The summed E-state index contributed by atoms with van der Waals surface area (Å²) in [5.41, 5.74) is 6.38. The molecule has 0 aromatic heterocycles. The highest BCUT2D eigenvalue weighted by atomic mass is 16.5. The van der Waals surface area contributed by atoms with Crippen LogP contribution in [0, 0.1) is 13.8 Å². The number of anilines is 1. The Morgan fingerprint density at radius 3 is 2.58 bits per heavy atom. The number of fused-ring (bicyclic) bond motifs is 1. The summed E-state index contributed by atoms with van der Waals surface area (Å²) in [6.07, 6.45) is 0. The van der Waals surface area contributed by atoms with Crippen LogP contribution in [0.25, 0.3) is 0 Å². The molecule has 1 unspecified atom stereocenters. The predicted molar refractivity (Wildman–Crippen MR) is 78.4 cm³/mol. The molecule has 0 fully saturated rings. The summed E-state index contributed by atoms with van der Waals surface area (Å²) in [5.74, 6) is 0. The third-order valence-corrected chi connectivity index (χ3v) is 3.54. The Bertz CT molecular complexity index is 571. The molecule has 1 aliphatic heterocycles. The lowest BCUT2D eigenvalue weighted by atomic mass is 9.98. The predicted octanol–water partition coefficient (Wildman–Crippen LogP) is 3.99. The topological polar surface area (TPSA) is 21.3 Å². The van der Waals surface area contributed by atoms with Crippen LogP contribution in [0.15, 0.2) is 42.5 Å². The fourth-order valence-corrected chi connectivity index (χ4v) is 2.76. The van der Waals surface area contributed by atoms with Crippen molar-refractivity contribution < 1.29 is 4.74 Å². The highest BCUT2D eigenvalue weighted by molar-refractivity contribution is 5.51. The van der Waals surface area contributed by atoms with Crippen molar-refractivity contribution >= 4 is 5.69 Å². The van der Waals surface area contributed by atoms with E-state index in [1.165, 1.54) is 27.9 Å². The lowest BCUT2D eigenvalue weighted by Crippen LogP contribution is -2.23. The lowest BCUT2D eigenvalue weighted by Gasteiger charge is -2.27. The first-order valence-corrected chi connectivity index (χ1v) is 6.73. The van der Waals surface area contributed by atoms with Crippen LogP contribution < -0.4 is 5.32 Å². The zero-order valence-corrected chi connectivity index (χ0v) is 11.4. The van der Waals surface area contributed by atoms with Crippen molar-refractivity contribution in [3.8, 4) is 0 Å². The van der Waals surface area contributed by atoms with E-state index < -0.39 is 0 Å². The van der Waals surface area contributed by atoms with Crippen LogP contribution in [-0.4, -0.2) is 6.61 Å². The molecule has 0 aliphatic carbocycles. The van der Waals surface area contributed by atoms with Gasteiger partial charge in [-0.15, -0.1) is 0 Å². The maximum absolute atomic E-state index is 5.68. The van der Waals surface area contributed by atoms with E-state index in [0.717, 1.165) is 13.2 Å². The minimum atomic E-state index is 0.242. The Kier molecular flexibility index (Phi) is 3.26. The summed E-state index contributed by atoms with van der Waals surface area (Å²) >= 11 is 0. The Hall–Kier alpha value is -1.80. The smallest absolute Gasteiger partial charge is 0.0751 e. The number of nitrogens with one attached hydrogen (secondary N) is 1. The van der Waals surface area contributed by atoms with Gasteiger partial charge < -0.3 is 10.1 Å². The Balaban J connectivity index is 1.88. The number of hydrogen-bond acceptors (Lipinski definition) is 2. The SMILES string of the molecule is Cc1cc(C)cc(NC2COCc3ccccc32)c1. The Labute approximate surface area is 114 Å². The molecule has 1 heterocycles. The zero-order valence-electron chi connectivity index (χ0n) is 11.4. The highest BCUT2D eigenvalue weighted by Crippen LogP contribution is 2.28. The van der Waals surface area contributed by atoms with Crippen molar-refractivity contribution in [1.82, 2.24) is 0 Å². The van der Waals surface area contributed by atoms with Gasteiger partial charge in [-0.2, -0.15) is 0 Å². The maximum atomic E-state index is 5.68. The first-order valence-electron chi connectivity index (χ1n) is 6.73. The summed E-state index contributed by atoms with van der Waals surface area (Å²) in [5, 5.41) is 3.59. The van der Waals surface area contributed by atoms with Gasteiger partial charge in [0.15, 0.2) is 0 Å². The van der Waals surface area contributed by atoms with Gasteiger partial charge in [-0.1, -0.05) is 30.3 Å². The van der Waals surface area contributed by atoms with Crippen LogP contribution in [0.4, 0.5) is 5.69 Å². The van der Waals surface area contributed by atoms with Gasteiger partial charge in [0, 0.05) is 5.69 Å². The molecule has 0 radical (unpaired) electrons. The van der Waals surface area contributed by atoms with Gasteiger partial charge in [-0.05, 0) is 48.2 Å². The summed E-state index contributed by atoms with van der Waals surface area (Å²) in [7, 11) is 0. The van der Waals surface area contributed by atoms with Gasteiger partial charge in [-0.25, -0.2) is 0 Å². The van der Waals surface area contributed by atoms with Gasteiger partial charge >= 0.3 is 0 Å². The summed E-state index contributed by atoms with van der Waals surface area (Å²) in [4.78, 5) is 0. The first-order chi connectivity index (χ1) is 9.22. The molecule has 0 spiro atoms. The molecule has 0 saturated carbocycles. The van der Waals surface area contributed by atoms with Crippen LogP contribution in [0.2, 0.25) is 0 Å². The number of benzene rings is 2. The normalized spacial score (nSPS) is 17.9. The molecule has 19 heavy (non-hydrogen) atoms. The van der Waals surface area contributed by atoms with Gasteiger partial charge in [-0.3, -0.25) is 0 Å². The molecule has 1 atom stereocenters. The molecular weight excluding hydrogens is 234 g/mol. The quantitative estimate of drug-likeness (QED) is 0.874. The minimum absolute atomic E-state index is 0.242. The first kappa shape index (κ1) is 12.2. The molecule has 0 saturated heterocycles. The summed E-state index contributed by atoms with van der Waals surface area (Å²) in [6.45, 7) is 5.71. The Morgan fingerprint density at radius 1 is 1.05 bits per heavy atom. The van der Waals surface area contributed by atoms with Crippen molar-refractivity contribution in [2.24, 2.45) is 0 Å². The van der Waals surface area contributed by atoms with Gasteiger partial charge in [0.05, 0.1) is 19.3 Å². The molecule has 2 aromatic rings. The Morgan fingerprint density at radius 2 is 1.79 bits per heavy atom. The van der Waals surface area contributed by atoms with E-state index in [0.29, 0.717) is 0 Å². The molecule has 98 valence electrons. The minimum Gasteiger partial charge on any atom is -0.376 e. The van der Waals surface area contributed by atoms with Crippen molar-refractivity contribution in [2.75, 3.05) is 11.9 Å². The zero-order chi connectivity index (χ0) is 13.2. The second-order valence-corrected chi connectivity index (χ2v) is 5.29.